The number of aromatic nitrogens is 4. The van der Waals surface area contributed by atoms with Crippen LogP contribution in [-0.2, 0) is 0 Å². The highest BCUT2D eigenvalue weighted by Crippen LogP contribution is 2.24. The maximum Gasteiger partial charge on any atom is 0.229 e. The average Bonchev–Trinajstić information content (AvgIpc) is 2.69. The number of halogens is 1. The van der Waals surface area contributed by atoms with Gasteiger partial charge in [0.05, 0.1) is 5.69 Å². The molecule has 0 radical (unpaired) electrons. The van der Waals surface area contributed by atoms with Crippen molar-refractivity contribution in [3.63, 3.8) is 0 Å². The fourth-order valence-electron chi connectivity index (χ4n) is 1.91. The maximum absolute atomic E-state index is 6.05. The molecular formula is C12H9ClN4. The Labute approximate surface area is 103 Å². The van der Waals surface area contributed by atoms with Gasteiger partial charge in [0.25, 0.3) is 0 Å². The first-order valence-electron chi connectivity index (χ1n) is 5.18. The van der Waals surface area contributed by atoms with Crippen LogP contribution in [0.15, 0.2) is 36.7 Å². The molecule has 5 heteroatoms. The number of aryl methyl sites for hydroxylation is 1. The van der Waals surface area contributed by atoms with E-state index in [-0.39, 0.29) is 0 Å². The minimum Gasteiger partial charge on any atom is -0.269 e. The Hall–Kier alpha value is -1.94. The molecule has 0 N–H and O–H groups in total. The smallest absolute Gasteiger partial charge is 0.229 e. The van der Waals surface area contributed by atoms with Gasteiger partial charge in [-0.25, -0.2) is 0 Å². The number of pyridine rings is 1. The van der Waals surface area contributed by atoms with Crippen molar-refractivity contribution in [3.05, 3.63) is 47.8 Å². The van der Waals surface area contributed by atoms with Gasteiger partial charge >= 0.3 is 0 Å². The molecule has 2 heterocycles. The van der Waals surface area contributed by atoms with E-state index in [0.717, 1.165) is 22.3 Å². The lowest BCUT2D eigenvalue weighted by Crippen LogP contribution is -1.98. The molecule has 0 spiro atoms. The molecule has 84 valence electrons. The number of hydrogen-bond acceptors (Lipinski definition) is 3. The van der Waals surface area contributed by atoms with Crippen molar-refractivity contribution in [2.24, 2.45) is 0 Å². The van der Waals surface area contributed by atoms with Gasteiger partial charge in [0, 0.05) is 23.2 Å². The van der Waals surface area contributed by atoms with Gasteiger partial charge in [0.1, 0.15) is 5.82 Å². The first kappa shape index (κ1) is 10.2. The molecule has 3 rings (SSSR count). The minimum absolute atomic E-state index is 0.367. The van der Waals surface area contributed by atoms with Gasteiger partial charge in [0.15, 0.2) is 0 Å². The van der Waals surface area contributed by atoms with E-state index in [2.05, 4.69) is 15.2 Å². The zero-order valence-corrected chi connectivity index (χ0v) is 9.89. The molecule has 3 aromatic rings. The van der Waals surface area contributed by atoms with Gasteiger partial charge in [-0.3, -0.25) is 9.55 Å². The standard InChI is InChI=1S/C12H9ClN4/c1-8-15-16-12(13)17(8)11-4-2-3-9-7-14-6-5-10(9)11/h2-7H,1H3. The van der Waals surface area contributed by atoms with E-state index in [1.165, 1.54) is 0 Å². The van der Waals surface area contributed by atoms with Crippen LogP contribution < -0.4 is 0 Å². The molecule has 4 nitrogen and oxygen atoms in total. The van der Waals surface area contributed by atoms with Crippen LogP contribution in [0.3, 0.4) is 0 Å². The molecule has 0 fully saturated rings. The van der Waals surface area contributed by atoms with Crippen LogP contribution >= 0.6 is 11.6 Å². The molecule has 0 unspecified atom stereocenters. The summed E-state index contributed by atoms with van der Waals surface area (Å²) in [5, 5.41) is 10.3. The van der Waals surface area contributed by atoms with Gasteiger partial charge < -0.3 is 0 Å². The Morgan fingerprint density at radius 2 is 2.06 bits per heavy atom. The van der Waals surface area contributed by atoms with Gasteiger partial charge in [-0.2, -0.15) is 0 Å². The second-order valence-corrected chi connectivity index (χ2v) is 4.06. The number of fused-ring (bicyclic) bond motifs is 1. The maximum atomic E-state index is 6.05. The summed E-state index contributed by atoms with van der Waals surface area (Å²) in [7, 11) is 0. The van der Waals surface area contributed by atoms with Crippen molar-refractivity contribution in [2.75, 3.05) is 0 Å². The quantitative estimate of drug-likeness (QED) is 0.661. The first-order chi connectivity index (χ1) is 8.27. The van der Waals surface area contributed by atoms with Crippen LogP contribution in [0.25, 0.3) is 16.5 Å². The van der Waals surface area contributed by atoms with Crippen LogP contribution in [0.2, 0.25) is 5.28 Å². The summed E-state index contributed by atoms with van der Waals surface area (Å²) in [5.41, 5.74) is 0.970. The highest BCUT2D eigenvalue weighted by Gasteiger charge is 2.10. The molecule has 0 saturated carbocycles. The lowest BCUT2D eigenvalue weighted by atomic mass is 10.1. The summed E-state index contributed by atoms with van der Waals surface area (Å²) in [4.78, 5) is 4.11. The van der Waals surface area contributed by atoms with Crippen molar-refractivity contribution < 1.29 is 0 Å². The number of benzene rings is 1. The van der Waals surface area contributed by atoms with Crippen LogP contribution in [0, 0.1) is 6.92 Å². The van der Waals surface area contributed by atoms with Crippen molar-refractivity contribution in [3.8, 4) is 5.69 Å². The molecule has 0 saturated heterocycles. The topological polar surface area (TPSA) is 43.6 Å². The highest BCUT2D eigenvalue weighted by atomic mass is 35.5. The minimum atomic E-state index is 0.367. The Bertz CT molecular complexity index is 665. The molecule has 1 aromatic carbocycles. The molecule has 2 aromatic heterocycles. The predicted molar refractivity (Wildman–Crippen MR) is 66.4 cm³/mol. The third kappa shape index (κ3) is 1.57. The Balaban J connectivity index is 2.38. The number of nitrogens with zero attached hydrogens (tertiary/aromatic N) is 4. The van der Waals surface area contributed by atoms with Crippen LogP contribution in [0.4, 0.5) is 0 Å². The summed E-state index contributed by atoms with van der Waals surface area (Å²) in [6, 6.07) is 7.93. The van der Waals surface area contributed by atoms with Gasteiger partial charge in [-0.15, -0.1) is 10.2 Å². The molecule has 0 atom stereocenters. The number of rotatable bonds is 1. The molecule has 0 bridgehead atoms. The van der Waals surface area contributed by atoms with Crippen LogP contribution in [0.1, 0.15) is 5.82 Å². The third-order valence-corrected chi connectivity index (χ3v) is 2.93. The van der Waals surface area contributed by atoms with Gasteiger partial charge in [-0.05, 0) is 30.7 Å². The summed E-state index contributed by atoms with van der Waals surface area (Å²) in [6.07, 6.45) is 3.59. The monoisotopic (exact) mass is 244 g/mol. The van der Waals surface area contributed by atoms with Crippen molar-refractivity contribution in [2.45, 2.75) is 6.92 Å². The lowest BCUT2D eigenvalue weighted by molar-refractivity contribution is 0.976. The Morgan fingerprint density at radius 3 is 2.82 bits per heavy atom. The predicted octanol–water partition coefficient (Wildman–Crippen LogP) is 2.78. The highest BCUT2D eigenvalue weighted by molar-refractivity contribution is 6.28. The first-order valence-corrected chi connectivity index (χ1v) is 5.56. The Morgan fingerprint density at radius 1 is 1.18 bits per heavy atom. The fourth-order valence-corrected chi connectivity index (χ4v) is 2.16. The normalized spacial score (nSPS) is 10.9. The fraction of sp³-hybridized carbons (Fsp3) is 0.0833. The van der Waals surface area contributed by atoms with Crippen LogP contribution in [-0.4, -0.2) is 19.7 Å². The van der Waals surface area contributed by atoms with E-state index in [1.807, 2.05) is 42.0 Å². The van der Waals surface area contributed by atoms with Gasteiger partial charge in [0.2, 0.25) is 5.28 Å². The van der Waals surface area contributed by atoms with Crippen molar-refractivity contribution in [1.29, 1.82) is 0 Å². The van der Waals surface area contributed by atoms with Crippen molar-refractivity contribution in [1.82, 2.24) is 19.7 Å². The summed E-state index contributed by atoms with van der Waals surface area (Å²) < 4.78 is 1.82. The van der Waals surface area contributed by atoms with Crippen LogP contribution in [0.5, 0.6) is 0 Å². The lowest BCUT2D eigenvalue weighted by Gasteiger charge is -2.08. The largest absolute Gasteiger partial charge is 0.269 e. The zero-order chi connectivity index (χ0) is 11.8. The van der Waals surface area contributed by atoms with E-state index in [4.69, 9.17) is 11.6 Å². The van der Waals surface area contributed by atoms with E-state index >= 15 is 0 Å². The summed E-state index contributed by atoms with van der Waals surface area (Å²) in [5.74, 6) is 0.763. The third-order valence-electron chi connectivity index (χ3n) is 2.68. The summed E-state index contributed by atoms with van der Waals surface area (Å²) >= 11 is 6.05. The molecule has 0 aliphatic carbocycles. The number of hydrogen-bond donors (Lipinski definition) is 0. The molecule has 17 heavy (non-hydrogen) atoms. The van der Waals surface area contributed by atoms with E-state index in [1.54, 1.807) is 6.20 Å². The van der Waals surface area contributed by atoms with Gasteiger partial charge in [-0.1, -0.05) is 12.1 Å². The van der Waals surface area contributed by atoms with E-state index in [9.17, 15) is 0 Å². The summed E-state index contributed by atoms with van der Waals surface area (Å²) in [6.45, 7) is 1.87. The molecular weight excluding hydrogens is 236 g/mol. The molecule has 0 aliphatic rings. The molecule has 0 aliphatic heterocycles. The average molecular weight is 245 g/mol. The van der Waals surface area contributed by atoms with Crippen molar-refractivity contribution >= 4 is 22.4 Å². The van der Waals surface area contributed by atoms with E-state index < -0.39 is 0 Å². The molecule has 0 amide bonds. The van der Waals surface area contributed by atoms with E-state index in [0.29, 0.717) is 5.28 Å². The SMILES string of the molecule is Cc1nnc(Cl)n1-c1cccc2cnccc12. The second-order valence-electron chi connectivity index (χ2n) is 3.73. The zero-order valence-electron chi connectivity index (χ0n) is 9.13. The Kier molecular flexibility index (Phi) is 2.30. The second kappa shape index (κ2) is 3.82.